The lowest BCUT2D eigenvalue weighted by atomic mass is 10.3. The van der Waals surface area contributed by atoms with E-state index < -0.39 is 11.9 Å². The predicted molar refractivity (Wildman–Crippen MR) is 55.2 cm³/mol. The average molecular weight is 229 g/mol. The van der Waals surface area contributed by atoms with Crippen LogP contribution in [0, 0.1) is 0 Å². The van der Waals surface area contributed by atoms with Gasteiger partial charge in [0.1, 0.15) is 5.70 Å². The zero-order valence-electron chi connectivity index (χ0n) is 9.53. The van der Waals surface area contributed by atoms with Gasteiger partial charge in [-0.25, -0.2) is 9.59 Å². The summed E-state index contributed by atoms with van der Waals surface area (Å²) in [5.74, 6) is -1.89. The van der Waals surface area contributed by atoms with Crippen molar-refractivity contribution in [2.24, 2.45) is 0 Å². The van der Waals surface area contributed by atoms with E-state index in [-0.39, 0.29) is 18.0 Å². The molecule has 0 heterocycles. The molecule has 0 aromatic carbocycles. The summed E-state index contributed by atoms with van der Waals surface area (Å²) in [5, 5.41) is 2.28. The highest BCUT2D eigenvalue weighted by molar-refractivity contribution is 5.99. The van der Waals surface area contributed by atoms with Crippen LogP contribution in [0.2, 0.25) is 0 Å². The van der Waals surface area contributed by atoms with Gasteiger partial charge in [-0.15, -0.1) is 0 Å². The molecular formula is C10H15NO5. The van der Waals surface area contributed by atoms with Crippen LogP contribution in [-0.4, -0.2) is 32.1 Å². The van der Waals surface area contributed by atoms with Gasteiger partial charge in [0.05, 0.1) is 20.3 Å². The number of nitrogens with one attached hydrogen (secondary N) is 1. The van der Waals surface area contributed by atoms with Crippen molar-refractivity contribution in [3.05, 3.63) is 11.8 Å². The minimum absolute atomic E-state index is 0.229. The molecule has 6 nitrogen and oxygen atoms in total. The Morgan fingerprint density at radius 3 is 2.25 bits per heavy atom. The van der Waals surface area contributed by atoms with Crippen molar-refractivity contribution < 1.29 is 23.9 Å². The molecule has 6 heteroatoms. The quantitative estimate of drug-likeness (QED) is 0.535. The molecule has 0 spiro atoms. The third-order valence-corrected chi connectivity index (χ3v) is 1.62. The number of esters is 2. The lowest BCUT2D eigenvalue weighted by Gasteiger charge is -2.06. The first-order chi connectivity index (χ1) is 7.54. The maximum atomic E-state index is 11.2. The van der Waals surface area contributed by atoms with E-state index in [1.54, 1.807) is 0 Å². The number of ether oxygens (including phenoxy) is 2. The molecule has 1 amide bonds. The molecule has 0 radical (unpaired) electrons. The van der Waals surface area contributed by atoms with E-state index in [2.05, 4.69) is 14.8 Å². The lowest BCUT2D eigenvalue weighted by molar-refractivity contribution is -0.139. The molecule has 0 aliphatic rings. The summed E-state index contributed by atoms with van der Waals surface area (Å²) < 4.78 is 8.75. The topological polar surface area (TPSA) is 81.7 Å². The monoisotopic (exact) mass is 229 g/mol. The fraction of sp³-hybridized carbons (Fsp3) is 0.500. The van der Waals surface area contributed by atoms with E-state index in [0.29, 0.717) is 6.42 Å². The van der Waals surface area contributed by atoms with Crippen LogP contribution in [0.15, 0.2) is 11.8 Å². The van der Waals surface area contributed by atoms with Gasteiger partial charge in [0, 0.05) is 6.42 Å². The van der Waals surface area contributed by atoms with Gasteiger partial charge in [0.15, 0.2) is 0 Å². The third-order valence-electron chi connectivity index (χ3n) is 1.62. The van der Waals surface area contributed by atoms with Crippen molar-refractivity contribution in [3.8, 4) is 0 Å². The number of methoxy groups -OCH3 is 2. The Bertz CT molecular complexity index is 308. The highest BCUT2D eigenvalue weighted by Gasteiger charge is 2.14. The number of carbonyl (C=O) groups is 3. The van der Waals surface area contributed by atoms with Crippen LogP contribution in [0.1, 0.15) is 19.8 Å². The summed E-state index contributed by atoms with van der Waals surface area (Å²) in [7, 11) is 2.32. The fourth-order valence-electron chi connectivity index (χ4n) is 0.873. The standard InChI is InChI=1S/C10H15NO5/c1-4-5-8(12)11-7(10(14)16-3)6-9(13)15-2/h6H,4-5H2,1-3H3,(H,11,12)/b7-6-. The first kappa shape index (κ1) is 14.2. The Kier molecular flexibility index (Phi) is 6.58. The Hall–Kier alpha value is -1.85. The molecule has 0 fully saturated rings. The van der Waals surface area contributed by atoms with Crippen molar-refractivity contribution in [1.29, 1.82) is 0 Å². The van der Waals surface area contributed by atoms with Gasteiger partial charge in [0.25, 0.3) is 0 Å². The Labute approximate surface area is 93.6 Å². The number of hydrogen-bond acceptors (Lipinski definition) is 5. The largest absolute Gasteiger partial charge is 0.466 e. The summed E-state index contributed by atoms with van der Waals surface area (Å²) in [6.45, 7) is 1.82. The van der Waals surface area contributed by atoms with E-state index in [1.807, 2.05) is 6.92 Å². The van der Waals surface area contributed by atoms with Crippen molar-refractivity contribution >= 4 is 17.8 Å². The molecule has 0 aliphatic carbocycles. The molecule has 0 saturated heterocycles. The molecule has 0 saturated carbocycles. The van der Waals surface area contributed by atoms with Gasteiger partial charge in [-0.3, -0.25) is 4.79 Å². The molecule has 0 atom stereocenters. The van der Waals surface area contributed by atoms with Gasteiger partial charge < -0.3 is 14.8 Å². The third kappa shape index (κ3) is 5.14. The minimum Gasteiger partial charge on any atom is -0.466 e. The summed E-state index contributed by atoms with van der Waals surface area (Å²) in [5.41, 5.74) is -0.229. The number of rotatable bonds is 5. The molecule has 1 N–H and O–H groups in total. The van der Waals surface area contributed by atoms with Gasteiger partial charge in [-0.2, -0.15) is 0 Å². The maximum absolute atomic E-state index is 11.2. The van der Waals surface area contributed by atoms with Crippen LogP contribution in [-0.2, 0) is 23.9 Å². The number of carbonyl (C=O) groups excluding carboxylic acids is 3. The summed E-state index contributed by atoms with van der Waals surface area (Å²) in [4.78, 5) is 33.3. The van der Waals surface area contributed by atoms with E-state index >= 15 is 0 Å². The Balaban J connectivity index is 4.68. The Morgan fingerprint density at radius 1 is 1.19 bits per heavy atom. The number of amides is 1. The van der Waals surface area contributed by atoms with Gasteiger partial charge in [-0.1, -0.05) is 6.92 Å². The highest BCUT2D eigenvalue weighted by atomic mass is 16.5. The second-order valence-electron chi connectivity index (χ2n) is 2.87. The van der Waals surface area contributed by atoms with Gasteiger partial charge >= 0.3 is 11.9 Å². The van der Waals surface area contributed by atoms with Crippen LogP contribution in [0.3, 0.4) is 0 Å². The number of hydrogen-bond donors (Lipinski definition) is 1. The summed E-state index contributed by atoms with van der Waals surface area (Å²) >= 11 is 0. The second kappa shape index (κ2) is 7.44. The summed E-state index contributed by atoms with van der Waals surface area (Å²) in [6.07, 6.45) is 1.77. The van der Waals surface area contributed by atoms with Crippen LogP contribution >= 0.6 is 0 Å². The molecular weight excluding hydrogens is 214 g/mol. The van der Waals surface area contributed by atoms with Crippen molar-refractivity contribution in [1.82, 2.24) is 5.32 Å². The van der Waals surface area contributed by atoms with Crippen molar-refractivity contribution in [2.45, 2.75) is 19.8 Å². The minimum atomic E-state index is -0.796. The van der Waals surface area contributed by atoms with Crippen LogP contribution in [0.4, 0.5) is 0 Å². The molecule has 0 aromatic rings. The first-order valence-electron chi connectivity index (χ1n) is 4.73. The predicted octanol–water partition coefficient (Wildman–Crippen LogP) is 0.133. The fourth-order valence-corrected chi connectivity index (χ4v) is 0.873. The lowest BCUT2D eigenvalue weighted by Crippen LogP contribution is -2.28. The zero-order valence-corrected chi connectivity index (χ0v) is 9.53. The smallest absolute Gasteiger partial charge is 0.354 e. The maximum Gasteiger partial charge on any atom is 0.354 e. The molecule has 0 rings (SSSR count). The summed E-state index contributed by atoms with van der Waals surface area (Å²) in [6, 6.07) is 0. The van der Waals surface area contributed by atoms with E-state index in [0.717, 1.165) is 13.2 Å². The Morgan fingerprint density at radius 2 is 1.81 bits per heavy atom. The molecule has 16 heavy (non-hydrogen) atoms. The van der Waals surface area contributed by atoms with E-state index in [9.17, 15) is 14.4 Å². The van der Waals surface area contributed by atoms with Crippen molar-refractivity contribution in [2.75, 3.05) is 14.2 Å². The zero-order chi connectivity index (χ0) is 12.6. The molecule has 0 bridgehead atoms. The SMILES string of the molecule is CCCC(=O)N/C(=C\C(=O)OC)C(=O)OC. The van der Waals surface area contributed by atoms with E-state index in [4.69, 9.17) is 0 Å². The van der Waals surface area contributed by atoms with Crippen molar-refractivity contribution in [3.63, 3.8) is 0 Å². The van der Waals surface area contributed by atoms with Gasteiger partial charge in [0.2, 0.25) is 5.91 Å². The normalized spacial score (nSPS) is 10.6. The average Bonchev–Trinajstić information content (AvgIpc) is 2.27. The van der Waals surface area contributed by atoms with Crippen LogP contribution in [0.5, 0.6) is 0 Å². The van der Waals surface area contributed by atoms with E-state index in [1.165, 1.54) is 7.11 Å². The molecule has 0 unspecified atom stereocenters. The molecule has 0 aromatic heterocycles. The molecule has 0 aliphatic heterocycles. The second-order valence-corrected chi connectivity index (χ2v) is 2.87. The van der Waals surface area contributed by atoms with Gasteiger partial charge in [-0.05, 0) is 6.42 Å². The highest BCUT2D eigenvalue weighted by Crippen LogP contribution is 1.97. The van der Waals surface area contributed by atoms with Crippen LogP contribution in [0.25, 0.3) is 0 Å². The van der Waals surface area contributed by atoms with Crippen LogP contribution < -0.4 is 5.32 Å². The first-order valence-corrected chi connectivity index (χ1v) is 4.73. The molecule has 90 valence electrons.